The summed E-state index contributed by atoms with van der Waals surface area (Å²) in [6, 6.07) is 1.43. The molecular formula is C9H10F3N3O2S. The van der Waals surface area contributed by atoms with Crippen molar-refractivity contribution in [2.45, 2.75) is 12.4 Å². The number of halogens is 3. The molecule has 0 unspecified atom stereocenters. The van der Waals surface area contributed by atoms with Crippen LogP contribution >= 0.6 is 11.8 Å². The summed E-state index contributed by atoms with van der Waals surface area (Å²) in [5, 5.41) is 13.2. The molecular weight excluding hydrogens is 271 g/mol. The number of alkyl halides is 3. The topological polar surface area (TPSA) is 68.1 Å². The van der Waals surface area contributed by atoms with E-state index in [1.54, 1.807) is 0 Å². The second-order valence-corrected chi connectivity index (χ2v) is 4.49. The Morgan fingerprint density at radius 2 is 2.22 bits per heavy atom. The van der Waals surface area contributed by atoms with Gasteiger partial charge in [0.1, 0.15) is 12.0 Å². The highest BCUT2D eigenvalue weighted by Crippen LogP contribution is 2.29. The molecule has 0 radical (unpaired) electrons. The Bertz CT molecular complexity index is 440. The van der Waals surface area contributed by atoms with Crippen LogP contribution in [0, 0.1) is 17.0 Å². The molecule has 0 aromatic carbocycles. The number of hydrogen-bond acceptors (Lipinski definition) is 5. The lowest BCUT2D eigenvalue weighted by Gasteiger charge is -2.07. The van der Waals surface area contributed by atoms with E-state index in [0.29, 0.717) is 11.4 Å². The lowest BCUT2D eigenvalue weighted by molar-refractivity contribution is -0.385. The van der Waals surface area contributed by atoms with Crippen LogP contribution in [0.4, 0.5) is 24.7 Å². The molecule has 100 valence electrons. The van der Waals surface area contributed by atoms with Crippen LogP contribution in [0.3, 0.4) is 0 Å². The van der Waals surface area contributed by atoms with E-state index in [4.69, 9.17) is 0 Å². The van der Waals surface area contributed by atoms with Crippen LogP contribution in [-0.2, 0) is 0 Å². The Kier molecular flexibility index (Phi) is 4.76. The summed E-state index contributed by atoms with van der Waals surface area (Å²) in [6.45, 7) is 1.61. The fourth-order valence-electron chi connectivity index (χ4n) is 1.18. The first-order valence-corrected chi connectivity index (χ1v) is 5.84. The van der Waals surface area contributed by atoms with Crippen molar-refractivity contribution < 1.29 is 18.1 Å². The summed E-state index contributed by atoms with van der Waals surface area (Å²) < 4.78 is 35.5. The van der Waals surface area contributed by atoms with E-state index in [-0.39, 0.29) is 29.7 Å². The van der Waals surface area contributed by atoms with Gasteiger partial charge in [0, 0.05) is 17.9 Å². The van der Waals surface area contributed by atoms with Gasteiger partial charge in [-0.3, -0.25) is 10.1 Å². The van der Waals surface area contributed by atoms with Crippen molar-refractivity contribution in [3.8, 4) is 0 Å². The molecule has 0 atom stereocenters. The van der Waals surface area contributed by atoms with Gasteiger partial charge in [-0.15, -0.1) is 0 Å². The summed E-state index contributed by atoms with van der Waals surface area (Å²) in [4.78, 5) is 13.7. The fraction of sp³-hybridized carbons (Fsp3) is 0.444. The van der Waals surface area contributed by atoms with Crippen LogP contribution in [0.1, 0.15) is 5.56 Å². The van der Waals surface area contributed by atoms with Crippen molar-refractivity contribution in [2.75, 3.05) is 17.6 Å². The van der Waals surface area contributed by atoms with Gasteiger partial charge in [0.15, 0.2) is 0 Å². The van der Waals surface area contributed by atoms with Crippen LogP contribution in [0.5, 0.6) is 0 Å². The number of hydrogen-bond donors (Lipinski definition) is 1. The molecule has 5 nitrogen and oxygen atoms in total. The van der Waals surface area contributed by atoms with Gasteiger partial charge in [-0.25, -0.2) is 4.98 Å². The van der Waals surface area contributed by atoms with Gasteiger partial charge in [0.25, 0.3) is 5.69 Å². The normalized spacial score (nSPS) is 11.3. The molecule has 1 aromatic heterocycles. The molecule has 9 heteroatoms. The first kappa shape index (κ1) is 14.6. The summed E-state index contributed by atoms with van der Waals surface area (Å²) in [6.07, 6.45) is 1.08. The molecule has 0 aliphatic carbocycles. The SMILES string of the molecule is Cc1cc(NCCSC(F)(F)F)ncc1[N+](=O)[O-]. The molecule has 1 aromatic rings. The Morgan fingerprint density at radius 1 is 1.56 bits per heavy atom. The number of nitro groups is 1. The number of nitrogens with zero attached hydrogens (tertiary/aromatic N) is 2. The molecule has 0 saturated carbocycles. The molecule has 1 heterocycles. The summed E-state index contributed by atoms with van der Waals surface area (Å²) in [7, 11) is 0. The van der Waals surface area contributed by atoms with E-state index in [1.807, 2.05) is 0 Å². The van der Waals surface area contributed by atoms with Crippen LogP contribution in [0.25, 0.3) is 0 Å². The van der Waals surface area contributed by atoms with Gasteiger partial charge in [-0.1, -0.05) is 0 Å². The Labute approximate surface area is 105 Å². The maximum atomic E-state index is 11.8. The lowest BCUT2D eigenvalue weighted by atomic mass is 10.2. The molecule has 0 aliphatic heterocycles. The van der Waals surface area contributed by atoms with Crippen molar-refractivity contribution in [3.63, 3.8) is 0 Å². The molecule has 0 bridgehead atoms. The molecule has 0 amide bonds. The van der Waals surface area contributed by atoms with Crippen LogP contribution < -0.4 is 5.32 Å². The third-order valence-corrected chi connectivity index (χ3v) is 2.69. The number of rotatable bonds is 5. The fourth-order valence-corrected chi connectivity index (χ4v) is 1.62. The van der Waals surface area contributed by atoms with Gasteiger partial charge >= 0.3 is 5.51 Å². The number of pyridine rings is 1. The minimum atomic E-state index is -4.25. The molecule has 0 aliphatic rings. The van der Waals surface area contributed by atoms with Gasteiger partial charge in [0.2, 0.25) is 0 Å². The second-order valence-electron chi connectivity index (χ2n) is 3.33. The van der Waals surface area contributed by atoms with Gasteiger partial charge in [0.05, 0.1) is 4.92 Å². The van der Waals surface area contributed by atoms with Gasteiger partial charge in [-0.2, -0.15) is 13.2 Å². The molecule has 0 fully saturated rings. The number of aryl methyl sites for hydroxylation is 1. The van der Waals surface area contributed by atoms with E-state index < -0.39 is 10.4 Å². The van der Waals surface area contributed by atoms with E-state index in [0.717, 1.165) is 6.20 Å². The smallest absolute Gasteiger partial charge is 0.369 e. The third-order valence-electron chi connectivity index (χ3n) is 1.95. The second kappa shape index (κ2) is 5.89. The van der Waals surface area contributed by atoms with E-state index in [9.17, 15) is 23.3 Å². The van der Waals surface area contributed by atoms with Gasteiger partial charge < -0.3 is 5.32 Å². The Hall–Kier alpha value is -1.51. The molecule has 1 N–H and O–H groups in total. The van der Waals surface area contributed by atoms with Crippen molar-refractivity contribution in [3.05, 3.63) is 27.9 Å². The van der Waals surface area contributed by atoms with E-state index in [1.165, 1.54) is 13.0 Å². The quantitative estimate of drug-likeness (QED) is 0.510. The number of anilines is 1. The minimum Gasteiger partial charge on any atom is -0.369 e. The monoisotopic (exact) mass is 281 g/mol. The van der Waals surface area contributed by atoms with Crippen molar-refractivity contribution in [2.24, 2.45) is 0 Å². The molecule has 0 saturated heterocycles. The first-order chi connectivity index (χ1) is 8.29. The molecule has 0 spiro atoms. The molecule has 1 rings (SSSR count). The predicted octanol–water partition coefficient (Wildman–Crippen LogP) is 2.96. The van der Waals surface area contributed by atoms with E-state index in [2.05, 4.69) is 10.3 Å². The minimum absolute atomic E-state index is 0.0778. The molecule has 18 heavy (non-hydrogen) atoms. The standard InChI is InChI=1S/C9H10F3N3O2S/c1-6-4-8(14-5-7(6)15(16)17)13-2-3-18-9(10,11)12/h4-5H,2-3H2,1H3,(H,13,14). The maximum absolute atomic E-state index is 11.8. The number of aromatic nitrogens is 1. The zero-order valence-corrected chi connectivity index (χ0v) is 10.1. The number of nitrogens with one attached hydrogen (secondary N) is 1. The number of thioether (sulfide) groups is 1. The highest BCUT2D eigenvalue weighted by atomic mass is 32.2. The van der Waals surface area contributed by atoms with Crippen LogP contribution in [-0.4, -0.2) is 27.7 Å². The van der Waals surface area contributed by atoms with Crippen molar-refractivity contribution in [1.29, 1.82) is 0 Å². The summed E-state index contributed by atoms with van der Waals surface area (Å²) in [5.74, 6) is 0.169. The summed E-state index contributed by atoms with van der Waals surface area (Å²) >= 11 is -0.133. The average Bonchev–Trinajstić information content (AvgIpc) is 2.22. The largest absolute Gasteiger partial charge is 0.441 e. The van der Waals surface area contributed by atoms with E-state index >= 15 is 0 Å². The highest BCUT2D eigenvalue weighted by Gasteiger charge is 2.27. The Balaban J connectivity index is 2.49. The van der Waals surface area contributed by atoms with Gasteiger partial charge in [-0.05, 0) is 24.8 Å². The van der Waals surface area contributed by atoms with Crippen molar-refractivity contribution >= 4 is 23.3 Å². The zero-order chi connectivity index (χ0) is 13.8. The maximum Gasteiger partial charge on any atom is 0.441 e. The third kappa shape index (κ3) is 4.78. The first-order valence-electron chi connectivity index (χ1n) is 4.85. The van der Waals surface area contributed by atoms with Crippen LogP contribution in [0.15, 0.2) is 12.3 Å². The highest BCUT2D eigenvalue weighted by molar-refractivity contribution is 8.00. The average molecular weight is 281 g/mol. The predicted molar refractivity (Wildman–Crippen MR) is 62.6 cm³/mol. The summed E-state index contributed by atoms with van der Waals surface area (Å²) in [5.41, 5.74) is -3.97. The lowest BCUT2D eigenvalue weighted by Crippen LogP contribution is -2.10. The Morgan fingerprint density at radius 3 is 2.72 bits per heavy atom. The zero-order valence-electron chi connectivity index (χ0n) is 9.32. The van der Waals surface area contributed by atoms with Crippen LogP contribution in [0.2, 0.25) is 0 Å². The van der Waals surface area contributed by atoms with Crippen molar-refractivity contribution in [1.82, 2.24) is 4.98 Å².